The zero-order valence-electron chi connectivity index (χ0n) is 25.1. The molecule has 0 aromatic heterocycles. The fourth-order valence-electron chi connectivity index (χ4n) is 4.66. The van der Waals surface area contributed by atoms with Gasteiger partial charge in [-0.05, 0) is 49.3 Å². The van der Waals surface area contributed by atoms with E-state index in [1.807, 2.05) is 0 Å². The Morgan fingerprint density at radius 3 is 1.31 bits per heavy atom. The number of benzene rings is 1. The molecule has 0 bridgehead atoms. The zero-order valence-corrected chi connectivity index (χ0v) is 28.4. The van der Waals surface area contributed by atoms with Gasteiger partial charge in [0.1, 0.15) is 5.75 Å². The second-order valence-electron chi connectivity index (χ2n) is 11.1. The highest BCUT2D eigenvalue weighted by molar-refractivity contribution is 7.90. The number of rotatable bonds is 12. The van der Waals surface area contributed by atoms with Gasteiger partial charge in [-0.3, -0.25) is 9.11 Å². The maximum Gasteiger partial charge on any atom is 0.450 e. The zero-order chi connectivity index (χ0) is 39.9. The lowest BCUT2D eigenvalue weighted by Crippen LogP contribution is -2.63. The molecule has 28 heteroatoms. The Labute approximate surface area is 282 Å². The van der Waals surface area contributed by atoms with Gasteiger partial charge in [-0.2, -0.15) is 82.2 Å². The van der Waals surface area contributed by atoms with Crippen molar-refractivity contribution < 1.29 is 99.6 Å². The van der Waals surface area contributed by atoms with Crippen LogP contribution in [-0.4, -0.2) is 93.0 Å². The first kappa shape index (κ1) is 45.0. The molecule has 2 aliphatic rings. The smallest absolute Gasteiger partial charge is 0.378 e. The summed E-state index contributed by atoms with van der Waals surface area (Å²) in [7, 11) is -27.1. The molecule has 1 aliphatic carbocycles. The highest BCUT2D eigenvalue weighted by Crippen LogP contribution is 2.52. The average molecular weight is 850 g/mol. The Bertz CT molecular complexity index is 1830. The van der Waals surface area contributed by atoms with Crippen LogP contribution in [0.15, 0.2) is 24.3 Å². The summed E-state index contributed by atoms with van der Waals surface area (Å²) in [5, 5.41) is -26.6. The molecular formula is C23H27F12NO11S4. The maximum absolute atomic E-state index is 13.7. The summed E-state index contributed by atoms with van der Waals surface area (Å²) in [6.45, 7) is -1.18. The number of sulfonamides is 1. The minimum atomic E-state index is -7.08. The third kappa shape index (κ3) is 8.19. The molecule has 2 fully saturated rings. The second-order valence-corrected chi connectivity index (χ2v) is 17.6. The van der Waals surface area contributed by atoms with Gasteiger partial charge in [0, 0.05) is 13.1 Å². The van der Waals surface area contributed by atoms with Crippen molar-refractivity contribution in [1.82, 2.24) is 4.31 Å². The molecule has 2 N–H and O–H groups in total. The molecule has 0 unspecified atom stereocenters. The molecule has 0 atom stereocenters. The quantitative estimate of drug-likeness (QED) is 0.150. The average Bonchev–Trinajstić information content (AvgIpc) is 3.00. The molecule has 0 radical (unpaired) electrons. The summed E-state index contributed by atoms with van der Waals surface area (Å²) < 4.78 is 268. The summed E-state index contributed by atoms with van der Waals surface area (Å²) in [6.07, 6.45) is 5.18. The highest BCUT2D eigenvalue weighted by Gasteiger charge is 2.84. The number of piperidine rings is 1. The minimum absolute atomic E-state index is 0.0512. The van der Waals surface area contributed by atoms with Crippen molar-refractivity contribution in [3.8, 4) is 5.75 Å². The van der Waals surface area contributed by atoms with E-state index < -0.39 is 92.1 Å². The van der Waals surface area contributed by atoms with Crippen LogP contribution in [0.4, 0.5) is 52.7 Å². The standard InChI is InChI=1S/C15H16F6O6S2.C8H11F6NO5S2/c16-13(17,14(18,19)28(22,23)24)15(20,21)29(25,26)27-12-8-6-11(7-9-12)10-4-2-1-3-5-10;9-6(10,8(13,14)22(18,19)20)7(11,12)21(16,17)15-4-2-1-3-5-15/h6-10H,1-5H2,(H,22,23,24);1-5H2,(H,18,19,20). The first-order valence-electron chi connectivity index (χ1n) is 13.9. The Morgan fingerprint density at radius 1 is 0.549 bits per heavy atom. The van der Waals surface area contributed by atoms with Gasteiger partial charge in [0.2, 0.25) is 0 Å². The maximum atomic E-state index is 13.7. The van der Waals surface area contributed by atoms with Gasteiger partial charge >= 0.3 is 63.2 Å². The highest BCUT2D eigenvalue weighted by atomic mass is 32.2. The fourth-order valence-corrected chi connectivity index (χ4v) is 8.12. The Hall–Kier alpha value is -2.14. The van der Waals surface area contributed by atoms with Crippen molar-refractivity contribution in [1.29, 1.82) is 0 Å². The number of hydrogen-bond acceptors (Lipinski definition) is 9. The SMILES string of the molecule is O=S(=O)(O)C(F)(F)C(F)(F)C(F)(F)S(=O)(=O)N1CCCCC1.O=S(=O)(O)C(F)(F)C(F)(F)C(F)(F)S(=O)(=O)Oc1ccc(C2CCCCC2)cc1. The summed E-state index contributed by atoms with van der Waals surface area (Å²) in [5.74, 6) is -14.6. The lowest BCUT2D eigenvalue weighted by atomic mass is 9.84. The van der Waals surface area contributed by atoms with E-state index in [4.69, 9.17) is 9.11 Å². The Balaban J connectivity index is 0.000000368. The van der Waals surface area contributed by atoms with Gasteiger partial charge in [0.25, 0.3) is 10.0 Å². The van der Waals surface area contributed by atoms with E-state index in [-0.39, 0.29) is 23.1 Å². The van der Waals surface area contributed by atoms with Crippen LogP contribution in [0, 0.1) is 0 Å². The van der Waals surface area contributed by atoms with Gasteiger partial charge < -0.3 is 4.18 Å². The van der Waals surface area contributed by atoms with Crippen molar-refractivity contribution in [2.24, 2.45) is 0 Å². The molecule has 12 nitrogen and oxygen atoms in total. The van der Waals surface area contributed by atoms with Crippen LogP contribution in [0.2, 0.25) is 0 Å². The number of halogens is 12. The molecule has 298 valence electrons. The molecular weight excluding hydrogens is 822 g/mol. The molecule has 0 spiro atoms. The molecule has 1 aliphatic heterocycles. The Morgan fingerprint density at radius 2 is 0.922 bits per heavy atom. The van der Waals surface area contributed by atoms with E-state index in [1.54, 1.807) is 0 Å². The molecule has 3 rings (SSSR count). The summed E-state index contributed by atoms with van der Waals surface area (Å²) >= 11 is 0. The third-order valence-electron chi connectivity index (χ3n) is 7.57. The van der Waals surface area contributed by atoms with E-state index in [2.05, 4.69) is 4.18 Å². The van der Waals surface area contributed by atoms with Crippen LogP contribution in [-0.2, 0) is 40.4 Å². The van der Waals surface area contributed by atoms with Crippen LogP contribution in [0.25, 0.3) is 0 Å². The lowest BCUT2D eigenvalue weighted by Gasteiger charge is -2.35. The van der Waals surface area contributed by atoms with E-state index in [0.717, 1.165) is 49.8 Å². The summed E-state index contributed by atoms with van der Waals surface area (Å²) in [5.41, 5.74) is 0.726. The van der Waals surface area contributed by atoms with E-state index >= 15 is 0 Å². The molecule has 1 saturated carbocycles. The van der Waals surface area contributed by atoms with Gasteiger partial charge in [-0.25, -0.2) is 8.42 Å². The molecule has 51 heavy (non-hydrogen) atoms. The van der Waals surface area contributed by atoms with Crippen LogP contribution in [0.5, 0.6) is 5.75 Å². The molecule has 1 aromatic rings. The molecule has 1 saturated heterocycles. The van der Waals surface area contributed by atoms with E-state index in [9.17, 15) is 86.4 Å². The first-order valence-corrected chi connectivity index (χ1v) is 19.6. The van der Waals surface area contributed by atoms with E-state index in [1.165, 1.54) is 12.1 Å². The largest absolute Gasteiger partial charge is 0.450 e. The number of alkyl halides is 12. The van der Waals surface area contributed by atoms with Crippen molar-refractivity contribution in [2.75, 3.05) is 13.1 Å². The van der Waals surface area contributed by atoms with Crippen LogP contribution in [0.3, 0.4) is 0 Å². The van der Waals surface area contributed by atoms with Crippen molar-refractivity contribution >= 4 is 40.4 Å². The summed E-state index contributed by atoms with van der Waals surface area (Å²) in [6, 6.07) is 4.42. The van der Waals surface area contributed by atoms with Crippen LogP contribution >= 0.6 is 0 Å². The van der Waals surface area contributed by atoms with Crippen LogP contribution < -0.4 is 4.18 Å². The van der Waals surface area contributed by atoms with Crippen LogP contribution in [0.1, 0.15) is 62.8 Å². The third-order valence-corrected chi connectivity index (χ3v) is 12.6. The molecule has 1 heterocycles. The normalized spacial score (nSPS) is 18.9. The molecule has 0 amide bonds. The molecule has 1 aromatic carbocycles. The predicted octanol–water partition coefficient (Wildman–Crippen LogP) is 5.66. The van der Waals surface area contributed by atoms with E-state index in [0.29, 0.717) is 6.42 Å². The van der Waals surface area contributed by atoms with Crippen molar-refractivity contribution in [2.45, 2.75) is 90.1 Å². The number of nitrogens with zero attached hydrogens (tertiary/aromatic N) is 1. The summed E-state index contributed by atoms with van der Waals surface area (Å²) in [4.78, 5) is 0. The van der Waals surface area contributed by atoms with Crippen molar-refractivity contribution in [3.63, 3.8) is 0 Å². The lowest BCUT2D eigenvalue weighted by molar-refractivity contribution is -0.247. The van der Waals surface area contributed by atoms with Gasteiger partial charge in [-0.1, -0.05) is 37.8 Å². The topological polar surface area (TPSA) is 189 Å². The second kappa shape index (κ2) is 14.6. The van der Waals surface area contributed by atoms with Crippen molar-refractivity contribution in [3.05, 3.63) is 29.8 Å². The minimum Gasteiger partial charge on any atom is -0.378 e. The van der Waals surface area contributed by atoms with Gasteiger partial charge in [0.05, 0.1) is 0 Å². The number of hydrogen-bond donors (Lipinski definition) is 2. The fraction of sp³-hybridized carbons (Fsp3) is 0.739. The monoisotopic (exact) mass is 849 g/mol. The van der Waals surface area contributed by atoms with Gasteiger partial charge in [0.15, 0.2) is 0 Å². The first-order chi connectivity index (χ1) is 22.6. The predicted molar refractivity (Wildman–Crippen MR) is 149 cm³/mol. The Kier molecular flexibility index (Phi) is 12.9. The van der Waals surface area contributed by atoms with Gasteiger partial charge in [-0.15, -0.1) is 0 Å².